The molecule has 0 saturated carbocycles. The molecule has 0 spiro atoms. The van der Waals surface area contributed by atoms with Gasteiger partial charge in [0.05, 0.1) is 9.99 Å². The van der Waals surface area contributed by atoms with Gasteiger partial charge in [-0.3, -0.25) is 4.98 Å². The summed E-state index contributed by atoms with van der Waals surface area (Å²) in [5.74, 6) is 0.860. The van der Waals surface area contributed by atoms with Crippen LogP contribution in [0.2, 0.25) is 0 Å². The molecule has 3 aromatic rings. The van der Waals surface area contributed by atoms with E-state index in [9.17, 15) is 0 Å². The van der Waals surface area contributed by atoms with Crippen LogP contribution in [0.3, 0.4) is 0 Å². The van der Waals surface area contributed by atoms with Crippen molar-refractivity contribution in [1.82, 2.24) is 4.98 Å². The Hall–Kier alpha value is -1.87. The van der Waals surface area contributed by atoms with Gasteiger partial charge in [0.15, 0.2) is 0 Å². The summed E-state index contributed by atoms with van der Waals surface area (Å²) in [7, 11) is 0. The first-order chi connectivity index (χ1) is 10.1. The molecule has 0 N–H and O–H groups in total. The maximum Gasteiger partial charge on any atom is 0.134 e. The van der Waals surface area contributed by atoms with Crippen molar-refractivity contribution in [2.45, 2.75) is 20.5 Å². The number of halogens is 1. The Morgan fingerprint density at radius 2 is 1.86 bits per heavy atom. The minimum absolute atomic E-state index is 0.533. The first-order valence-electron chi connectivity index (χ1n) is 6.88. The Morgan fingerprint density at radius 1 is 1.05 bits per heavy atom. The van der Waals surface area contributed by atoms with Crippen LogP contribution in [0.25, 0.3) is 10.9 Å². The largest absolute Gasteiger partial charge is 0.488 e. The van der Waals surface area contributed by atoms with E-state index in [0.717, 1.165) is 32.4 Å². The molecule has 0 fully saturated rings. The Balaban J connectivity index is 1.91. The Bertz CT molecular complexity index is 798. The third-order valence-electron chi connectivity index (χ3n) is 3.40. The topological polar surface area (TPSA) is 22.1 Å². The SMILES string of the molecule is Cc1ccc(OCc2cc(C)nc3ccccc23)c(Br)c1. The average Bonchev–Trinajstić information content (AvgIpc) is 2.46. The van der Waals surface area contributed by atoms with Crippen LogP contribution in [-0.4, -0.2) is 4.98 Å². The van der Waals surface area contributed by atoms with Crippen molar-refractivity contribution in [3.63, 3.8) is 0 Å². The molecular weight excluding hydrogens is 326 g/mol. The second-order valence-electron chi connectivity index (χ2n) is 5.16. The molecule has 2 aromatic carbocycles. The molecular formula is C18H16BrNO. The molecule has 0 unspecified atom stereocenters. The van der Waals surface area contributed by atoms with Gasteiger partial charge in [-0.2, -0.15) is 0 Å². The average molecular weight is 342 g/mol. The molecule has 0 saturated heterocycles. The summed E-state index contributed by atoms with van der Waals surface area (Å²) in [6.45, 7) is 4.61. The smallest absolute Gasteiger partial charge is 0.134 e. The summed E-state index contributed by atoms with van der Waals surface area (Å²) in [6, 6.07) is 16.4. The minimum atomic E-state index is 0.533. The first kappa shape index (κ1) is 14.1. The van der Waals surface area contributed by atoms with Crippen molar-refractivity contribution < 1.29 is 4.74 Å². The highest BCUT2D eigenvalue weighted by molar-refractivity contribution is 9.10. The number of rotatable bonds is 3. The summed E-state index contributed by atoms with van der Waals surface area (Å²) >= 11 is 3.55. The number of aryl methyl sites for hydroxylation is 2. The van der Waals surface area contributed by atoms with Crippen LogP contribution in [0.15, 0.2) is 53.0 Å². The van der Waals surface area contributed by atoms with Gasteiger partial charge in [0, 0.05) is 16.6 Å². The number of nitrogens with zero attached hydrogens (tertiary/aromatic N) is 1. The molecule has 0 bridgehead atoms. The highest BCUT2D eigenvalue weighted by atomic mass is 79.9. The lowest BCUT2D eigenvalue weighted by Gasteiger charge is -2.11. The van der Waals surface area contributed by atoms with Crippen LogP contribution in [0.5, 0.6) is 5.75 Å². The van der Waals surface area contributed by atoms with E-state index in [4.69, 9.17) is 4.74 Å². The van der Waals surface area contributed by atoms with E-state index >= 15 is 0 Å². The second kappa shape index (κ2) is 5.86. The van der Waals surface area contributed by atoms with Crippen molar-refractivity contribution >= 4 is 26.8 Å². The first-order valence-corrected chi connectivity index (χ1v) is 7.67. The predicted molar refractivity (Wildman–Crippen MR) is 89.7 cm³/mol. The summed E-state index contributed by atoms with van der Waals surface area (Å²) in [4.78, 5) is 4.56. The lowest BCUT2D eigenvalue weighted by atomic mass is 10.1. The number of fused-ring (bicyclic) bond motifs is 1. The molecule has 0 atom stereocenters. The van der Waals surface area contributed by atoms with Crippen LogP contribution in [0.1, 0.15) is 16.8 Å². The lowest BCUT2D eigenvalue weighted by Crippen LogP contribution is -1.99. The van der Waals surface area contributed by atoms with E-state index in [1.807, 2.05) is 31.2 Å². The summed E-state index contributed by atoms with van der Waals surface area (Å²) in [6.07, 6.45) is 0. The summed E-state index contributed by atoms with van der Waals surface area (Å²) < 4.78 is 6.95. The van der Waals surface area contributed by atoms with E-state index in [1.54, 1.807) is 0 Å². The molecule has 0 aliphatic carbocycles. The van der Waals surface area contributed by atoms with Crippen LogP contribution >= 0.6 is 15.9 Å². The number of hydrogen-bond acceptors (Lipinski definition) is 2. The highest BCUT2D eigenvalue weighted by Gasteiger charge is 2.06. The molecule has 21 heavy (non-hydrogen) atoms. The molecule has 1 aromatic heterocycles. The van der Waals surface area contributed by atoms with Crippen LogP contribution in [-0.2, 0) is 6.61 Å². The number of aromatic nitrogens is 1. The Kier molecular flexibility index (Phi) is 3.93. The molecule has 0 radical (unpaired) electrons. The molecule has 0 aliphatic rings. The zero-order valence-corrected chi connectivity index (χ0v) is 13.6. The van der Waals surface area contributed by atoms with Crippen molar-refractivity contribution in [1.29, 1.82) is 0 Å². The minimum Gasteiger partial charge on any atom is -0.488 e. The van der Waals surface area contributed by atoms with Gasteiger partial charge in [0.2, 0.25) is 0 Å². The van der Waals surface area contributed by atoms with Gasteiger partial charge >= 0.3 is 0 Å². The number of para-hydroxylation sites is 1. The van der Waals surface area contributed by atoms with Crippen molar-refractivity contribution in [3.05, 3.63) is 69.8 Å². The van der Waals surface area contributed by atoms with E-state index in [-0.39, 0.29) is 0 Å². The van der Waals surface area contributed by atoms with Crippen molar-refractivity contribution in [3.8, 4) is 5.75 Å². The zero-order chi connectivity index (χ0) is 14.8. The second-order valence-corrected chi connectivity index (χ2v) is 6.02. The van der Waals surface area contributed by atoms with Gasteiger partial charge in [-0.15, -0.1) is 0 Å². The molecule has 2 nitrogen and oxygen atoms in total. The van der Waals surface area contributed by atoms with Crippen LogP contribution in [0.4, 0.5) is 0 Å². The number of pyridine rings is 1. The normalized spacial score (nSPS) is 10.8. The standard InChI is InChI=1S/C18H16BrNO/c1-12-7-8-18(16(19)9-12)21-11-14-10-13(2)20-17-6-4-3-5-15(14)17/h3-10H,11H2,1-2H3. The maximum atomic E-state index is 5.97. The Labute approximate surface area is 132 Å². The van der Waals surface area contributed by atoms with E-state index in [1.165, 1.54) is 5.56 Å². The third kappa shape index (κ3) is 3.08. The van der Waals surface area contributed by atoms with Gasteiger partial charge in [-0.1, -0.05) is 24.3 Å². The van der Waals surface area contributed by atoms with Gasteiger partial charge < -0.3 is 4.74 Å². The predicted octanol–water partition coefficient (Wildman–Crippen LogP) is 5.19. The molecule has 1 heterocycles. The van der Waals surface area contributed by atoms with E-state index < -0.39 is 0 Å². The van der Waals surface area contributed by atoms with Crippen LogP contribution < -0.4 is 4.74 Å². The maximum absolute atomic E-state index is 5.97. The third-order valence-corrected chi connectivity index (χ3v) is 4.02. The molecule has 3 rings (SSSR count). The Morgan fingerprint density at radius 3 is 2.67 bits per heavy atom. The number of ether oxygens (including phenoxy) is 1. The van der Waals surface area contributed by atoms with Gasteiger partial charge in [-0.05, 0) is 59.6 Å². The van der Waals surface area contributed by atoms with E-state index in [2.05, 4.69) is 52.1 Å². The van der Waals surface area contributed by atoms with Gasteiger partial charge in [-0.25, -0.2) is 0 Å². The van der Waals surface area contributed by atoms with E-state index in [0.29, 0.717) is 6.61 Å². The monoisotopic (exact) mass is 341 g/mol. The molecule has 0 amide bonds. The lowest BCUT2D eigenvalue weighted by molar-refractivity contribution is 0.305. The van der Waals surface area contributed by atoms with Gasteiger partial charge in [0.1, 0.15) is 12.4 Å². The molecule has 106 valence electrons. The highest BCUT2D eigenvalue weighted by Crippen LogP contribution is 2.27. The molecule has 0 aliphatic heterocycles. The van der Waals surface area contributed by atoms with Crippen molar-refractivity contribution in [2.24, 2.45) is 0 Å². The zero-order valence-electron chi connectivity index (χ0n) is 12.1. The summed E-state index contributed by atoms with van der Waals surface area (Å²) in [5.41, 5.74) is 4.39. The fraction of sp³-hybridized carbons (Fsp3) is 0.167. The van der Waals surface area contributed by atoms with Crippen molar-refractivity contribution in [2.75, 3.05) is 0 Å². The fourth-order valence-electron chi connectivity index (χ4n) is 2.39. The summed E-state index contributed by atoms with van der Waals surface area (Å²) in [5, 5.41) is 1.14. The molecule has 3 heteroatoms. The van der Waals surface area contributed by atoms with Crippen LogP contribution in [0, 0.1) is 13.8 Å². The van der Waals surface area contributed by atoms with Gasteiger partial charge in [0.25, 0.3) is 0 Å². The number of benzene rings is 2. The quantitative estimate of drug-likeness (QED) is 0.653. The number of hydrogen-bond donors (Lipinski definition) is 0. The fourth-order valence-corrected chi connectivity index (χ4v) is 3.00.